The number of rotatable bonds is 3. The molecule has 1 aromatic carbocycles. The van der Waals surface area contributed by atoms with Crippen LogP contribution in [0.5, 0.6) is 0 Å². The van der Waals surface area contributed by atoms with Gasteiger partial charge in [0.25, 0.3) is 5.91 Å². The molecule has 0 saturated carbocycles. The molecule has 1 saturated heterocycles. The first-order chi connectivity index (χ1) is 13.1. The van der Waals surface area contributed by atoms with Crippen LogP contribution in [0, 0.1) is 13.8 Å². The Kier molecular flexibility index (Phi) is 5.03. The van der Waals surface area contributed by atoms with Crippen LogP contribution in [0.3, 0.4) is 0 Å². The zero-order valence-corrected chi connectivity index (χ0v) is 16.5. The van der Waals surface area contributed by atoms with Gasteiger partial charge >= 0.3 is 0 Å². The molecule has 1 unspecified atom stereocenters. The number of benzene rings is 1. The van der Waals surface area contributed by atoms with Crippen molar-refractivity contribution in [1.82, 2.24) is 14.9 Å². The normalized spacial score (nSPS) is 17.1. The molecule has 4 nitrogen and oxygen atoms in total. The maximum Gasteiger partial charge on any atom is 0.265 e. The van der Waals surface area contributed by atoms with Crippen molar-refractivity contribution in [2.24, 2.45) is 0 Å². The van der Waals surface area contributed by atoms with Gasteiger partial charge in [0.15, 0.2) is 0 Å². The second kappa shape index (κ2) is 7.61. The van der Waals surface area contributed by atoms with Gasteiger partial charge in [0.1, 0.15) is 4.88 Å². The van der Waals surface area contributed by atoms with E-state index in [4.69, 9.17) is 4.98 Å². The van der Waals surface area contributed by atoms with E-state index in [2.05, 4.69) is 54.4 Å². The van der Waals surface area contributed by atoms with Gasteiger partial charge in [0.2, 0.25) is 0 Å². The molecule has 0 aliphatic carbocycles. The summed E-state index contributed by atoms with van der Waals surface area (Å²) in [7, 11) is 0. The Morgan fingerprint density at radius 2 is 2.04 bits per heavy atom. The lowest BCUT2D eigenvalue weighted by Gasteiger charge is -2.32. The van der Waals surface area contributed by atoms with E-state index in [0.717, 1.165) is 53.5 Å². The summed E-state index contributed by atoms with van der Waals surface area (Å²) in [6, 6.07) is 14.7. The highest BCUT2D eigenvalue weighted by molar-refractivity contribution is 7.11. The average Bonchev–Trinajstić information content (AvgIpc) is 3.13. The molecule has 1 amide bonds. The fraction of sp³-hybridized carbons (Fsp3) is 0.318. The summed E-state index contributed by atoms with van der Waals surface area (Å²) in [5, 5.41) is 0. The largest absolute Gasteiger partial charge is 0.337 e. The maximum atomic E-state index is 12.9. The average molecular weight is 378 g/mol. The fourth-order valence-electron chi connectivity index (χ4n) is 3.70. The van der Waals surface area contributed by atoms with Crippen LogP contribution in [0.15, 0.2) is 48.0 Å². The number of aryl methyl sites for hydroxylation is 2. The molecule has 1 aliphatic rings. The smallest absolute Gasteiger partial charge is 0.265 e. The Bertz CT molecular complexity index is 965. The Labute approximate surface area is 163 Å². The van der Waals surface area contributed by atoms with Crippen LogP contribution < -0.4 is 0 Å². The molecule has 0 bridgehead atoms. The first kappa shape index (κ1) is 17.9. The van der Waals surface area contributed by atoms with Gasteiger partial charge in [-0.1, -0.05) is 29.8 Å². The molecular weight excluding hydrogens is 354 g/mol. The van der Waals surface area contributed by atoms with Crippen LogP contribution in [-0.2, 0) is 0 Å². The SMILES string of the molecule is Cc1cccc(-c2cccc(C3CCCN(C(=O)c4scnc4C)C3)n2)c1. The van der Waals surface area contributed by atoms with Crippen LogP contribution >= 0.6 is 11.3 Å². The summed E-state index contributed by atoms with van der Waals surface area (Å²) in [4.78, 5) is 24.7. The summed E-state index contributed by atoms with van der Waals surface area (Å²) in [5.41, 5.74) is 7.02. The van der Waals surface area contributed by atoms with Crippen molar-refractivity contribution in [3.8, 4) is 11.3 Å². The third-order valence-electron chi connectivity index (χ3n) is 5.15. The quantitative estimate of drug-likeness (QED) is 0.656. The minimum absolute atomic E-state index is 0.106. The van der Waals surface area contributed by atoms with Gasteiger partial charge in [0, 0.05) is 30.3 Å². The molecule has 3 aromatic rings. The van der Waals surface area contributed by atoms with Gasteiger partial charge in [-0.2, -0.15) is 0 Å². The Morgan fingerprint density at radius 3 is 2.81 bits per heavy atom. The van der Waals surface area contributed by atoms with E-state index < -0.39 is 0 Å². The van der Waals surface area contributed by atoms with E-state index in [0.29, 0.717) is 0 Å². The van der Waals surface area contributed by atoms with Crippen molar-refractivity contribution in [2.45, 2.75) is 32.6 Å². The van der Waals surface area contributed by atoms with Crippen LogP contribution in [0.1, 0.15) is 45.4 Å². The molecule has 1 atom stereocenters. The van der Waals surface area contributed by atoms with Crippen LogP contribution in [-0.4, -0.2) is 33.9 Å². The third-order valence-corrected chi connectivity index (χ3v) is 6.07. The highest BCUT2D eigenvalue weighted by Gasteiger charge is 2.28. The molecule has 0 spiro atoms. The van der Waals surface area contributed by atoms with Crippen LogP contribution in [0.25, 0.3) is 11.3 Å². The summed E-state index contributed by atoms with van der Waals surface area (Å²) >= 11 is 1.43. The first-order valence-corrected chi connectivity index (χ1v) is 10.2. The van der Waals surface area contributed by atoms with Gasteiger partial charge < -0.3 is 4.90 Å². The number of thiazole rings is 1. The summed E-state index contributed by atoms with van der Waals surface area (Å²) in [6.07, 6.45) is 2.07. The second-order valence-electron chi connectivity index (χ2n) is 7.17. The molecule has 27 heavy (non-hydrogen) atoms. The summed E-state index contributed by atoms with van der Waals surface area (Å²) in [5.74, 6) is 0.384. The zero-order chi connectivity index (χ0) is 18.8. The fourth-order valence-corrected chi connectivity index (χ4v) is 4.47. The number of nitrogens with zero attached hydrogens (tertiary/aromatic N) is 3. The summed E-state index contributed by atoms with van der Waals surface area (Å²) in [6.45, 7) is 5.53. The molecule has 2 aromatic heterocycles. The van der Waals surface area contributed by atoms with Crippen molar-refractivity contribution in [2.75, 3.05) is 13.1 Å². The highest BCUT2D eigenvalue weighted by Crippen LogP contribution is 2.29. The monoisotopic (exact) mass is 377 g/mol. The van der Waals surface area contributed by atoms with Crippen molar-refractivity contribution in [3.63, 3.8) is 0 Å². The Hall–Kier alpha value is -2.53. The van der Waals surface area contributed by atoms with Crippen molar-refractivity contribution >= 4 is 17.2 Å². The van der Waals surface area contributed by atoms with Crippen molar-refractivity contribution in [1.29, 1.82) is 0 Å². The highest BCUT2D eigenvalue weighted by atomic mass is 32.1. The topological polar surface area (TPSA) is 46.1 Å². The molecular formula is C22H23N3OS. The lowest BCUT2D eigenvalue weighted by atomic mass is 9.93. The summed E-state index contributed by atoms with van der Waals surface area (Å²) < 4.78 is 0. The molecule has 138 valence electrons. The van der Waals surface area contributed by atoms with E-state index in [1.807, 2.05) is 11.8 Å². The third kappa shape index (κ3) is 3.78. The van der Waals surface area contributed by atoms with E-state index in [1.54, 1.807) is 5.51 Å². The number of piperidine rings is 1. The molecule has 3 heterocycles. The minimum atomic E-state index is 0.106. The standard InChI is InChI=1S/C22H23N3OS/c1-15-6-3-7-17(12-15)19-9-4-10-20(24-19)18-8-5-11-25(13-18)22(26)21-16(2)23-14-27-21/h3-4,6-7,9-10,12,14,18H,5,8,11,13H2,1-2H3. The zero-order valence-electron chi connectivity index (χ0n) is 15.7. The van der Waals surface area contributed by atoms with Crippen LogP contribution in [0.4, 0.5) is 0 Å². The lowest BCUT2D eigenvalue weighted by molar-refractivity contribution is 0.0710. The Balaban J connectivity index is 1.56. The predicted molar refractivity (Wildman–Crippen MR) is 109 cm³/mol. The lowest BCUT2D eigenvalue weighted by Crippen LogP contribution is -2.39. The van der Waals surface area contributed by atoms with E-state index in [1.165, 1.54) is 16.9 Å². The number of hydrogen-bond acceptors (Lipinski definition) is 4. The number of carbonyl (C=O) groups is 1. The molecule has 4 rings (SSSR count). The molecule has 0 N–H and O–H groups in total. The van der Waals surface area contributed by atoms with Gasteiger partial charge in [-0.15, -0.1) is 11.3 Å². The van der Waals surface area contributed by atoms with Crippen molar-refractivity contribution in [3.05, 3.63) is 69.8 Å². The maximum absolute atomic E-state index is 12.9. The number of pyridine rings is 1. The molecule has 1 aliphatic heterocycles. The second-order valence-corrected chi connectivity index (χ2v) is 8.03. The number of hydrogen-bond donors (Lipinski definition) is 0. The molecule has 0 radical (unpaired) electrons. The van der Waals surface area contributed by atoms with Crippen LogP contribution in [0.2, 0.25) is 0 Å². The Morgan fingerprint density at radius 1 is 1.19 bits per heavy atom. The van der Waals surface area contributed by atoms with Gasteiger partial charge in [-0.3, -0.25) is 9.78 Å². The first-order valence-electron chi connectivity index (χ1n) is 9.35. The predicted octanol–water partition coefficient (Wildman–Crippen LogP) is 4.84. The number of amides is 1. The van der Waals surface area contributed by atoms with Gasteiger partial charge in [-0.25, -0.2) is 4.98 Å². The number of aromatic nitrogens is 2. The van der Waals surface area contributed by atoms with Crippen molar-refractivity contribution < 1.29 is 4.79 Å². The molecule has 5 heteroatoms. The minimum Gasteiger partial charge on any atom is -0.337 e. The van der Waals surface area contributed by atoms with E-state index in [9.17, 15) is 4.79 Å². The van der Waals surface area contributed by atoms with E-state index in [-0.39, 0.29) is 11.8 Å². The van der Waals surface area contributed by atoms with E-state index >= 15 is 0 Å². The number of likely N-dealkylation sites (tertiary alicyclic amines) is 1. The van der Waals surface area contributed by atoms with Gasteiger partial charge in [-0.05, 0) is 44.9 Å². The molecule has 1 fully saturated rings. The van der Waals surface area contributed by atoms with Gasteiger partial charge in [0.05, 0.1) is 16.9 Å². The number of carbonyl (C=O) groups excluding carboxylic acids is 1.